The minimum atomic E-state index is -3.05. The van der Waals surface area contributed by atoms with Crippen LogP contribution >= 0.6 is 0 Å². The van der Waals surface area contributed by atoms with Gasteiger partial charge in [-0.05, 0) is 83.9 Å². The third kappa shape index (κ3) is 4.13. The SMILES string of the molecule is O=S1(c2ccccc2)=Nc2ccccc2-c2c1n(-c1ccccc1)c1ccc(-c3ccc4c(c3)c3ccccc3n4-c3ccccc3)cc21. The molecule has 3 heterocycles. The predicted molar refractivity (Wildman–Crippen MR) is 202 cm³/mol. The first kappa shape index (κ1) is 27.9. The van der Waals surface area contributed by atoms with E-state index in [4.69, 9.17) is 4.36 Å². The monoisotopic (exact) mass is 647 g/mol. The van der Waals surface area contributed by atoms with Crippen molar-refractivity contribution in [3.8, 4) is 33.6 Å². The van der Waals surface area contributed by atoms with E-state index in [1.165, 1.54) is 21.8 Å². The highest BCUT2D eigenvalue weighted by molar-refractivity contribution is 7.94. The third-order valence-corrected chi connectivity index (χ3v) is 12.0. The van der Waals surface area contributed by atoms with Crippen LogP contribution in [0.3, 0.4) is 0 Å². The molecular formula is C44H29N3OS. The number of hydrogen-bond acceptors (Lipinski definition) is 2. The van der Waals surface area contributed by atoms with Crippen molar-refractivity contribution in [1.82, 2.24) is 9.13 Å². The van der Waals surface area contributed by atoms with Gasteiger partial charge in [-0.25, -0.2) is 4.21 Å². The summed E-state index contributed by atoms with van der Waals surface area (Å²) in [4.78, 5) is 0.700. The summed E-state index contributed by atoms with van der Waals surface area (Å²) in [6.07, 6.45) is 0. The van der Waals surface area contributed by atoms with Crippen LogP contribution in [0.1, 0.15) is 0 Å². The average molecular weight is 648 g/mol. The number of fused-ring (bicyclic) bond motifs is 8. The Morgan fingerprint density at radius 3 is 1.69 bits per heavy atom. The molecule has 9 aromatic rings. The molecule has 49 heavy (non-hydrogen) atoms. The normalized spacial score (nSPS) is 15.3. The van der Waals surface area contributed by atoms with Crippen molar-refractivity contribution >= 4 is 48.1 Å². The van der Waals surface area contributed by atoms with Gasteiger partial charge in [0.05, 0.1) is 27.1 Å². The molecule has 0 N–H and O–H groups in total. The molecule has 7 aromatic carbocycles. The van der Waals surface area contributed by atoms with Gasteiger partial charge in [-0.15, -0.1) is 0 Å². The van der Waals surface area contributed by atoms with Crippen molar-refractivity contribution in [1.29, 1.82) is 0 Å². The lowest BCUT2D eigenvalue weighted by molar-refractivity contribution is 0.671. The van der Waals surface area contributed by atoms with Gasteiger partial charge in [0.1, 0.15) is 14.8 Å². The summed E-state index contributed by atoms with van der Waals surface area (Å²) in [6, 6.07) is 60.6. The molecule has 1 unspecified atom stereocenters. The first-order valence-electron chi connectivity index (χ1n) is 16.4. The van der Waals surface area contributed by atoms with Crippen LogP contribution in [-0.2, 0) is 9.73 Å². The van der Waals surface area contributed by atoms with Crippen molar-refractivity contribution in [2.45, 2.75) is 9.92 Å². The maximum atomic E-state index is 15.5. The number of hydrogen-bond donors (Lipinski definition) is 0. The predicted octanol–water partition coefficient (Wildman–Crippen LogP) is 11.6. The Hall–Kier alpha value is -6.17. The Morgan fingerprint density at radius 2 is 0.980 bits per heavy atom. The van der Waals surface area contributed by atoms with E-state index in [1.54, 1.807) is 0 Å². The number of benzene rings is 7. The average Bonchev–Trinajstić information content (AvgIpc) is 3.69. The van der Waals surface area contributed by atoms with E-state index in [9.17, 15) is 0 Å². The van der Waals surface area contributed by atoms with Gasteiger partial charge in [0.2, 0.25) is 0 Å². The zero-order chi connectivity index (χ0) is 32.5. The molecule has 0 spiro atoms. The van der Waals surface area contributed by atoms with Crippen LogP contribution in [0.25, 0.3) is 66.3 Å². The molecule has 0 aliphatic carbocycles. The van der Waals surface area contributed by atoms with E-state index in [0.717, 1.165) is 55.2 Å². The Balaban J connectivity index is 1.27. The summed E-state index contributed by atoms with van der Waals surface area (Å²) in [6.45, 7) is 0. The summed E-state index contributed by atoms with van der Waals surface area (Å²) in [5.74, 6) is 0. The van der Waals surface area contributed by atoms with Gasteiger partial charge < -0.3 is 9.13 Å². The molecule has 1 aliphatic heterocycles. The molecule has 1 aliphatic rings. The molecule has 10 rings (SSSR count). The van der Waals surface area contributed by atoms with Crippen LogP contribution in [0.4, 0.5) is 5.69 Å². The van der Waals surface area contributed by atoms with Crippen LogP contribution in [-0.4, -0.2) is 13.3 Å². The largest absolute Gasteiger partial charge is 0.309 e. The Kier molecular flexibility index (Phi) is 6.08. The lowest BCUT2D eigenvalue weighted by Gasteiger charge is -2.21. The standard InChI is InChI=1S/C44H29N3OS/c48-49(34-18-8-3-9-19-34)44-43(36-21-10-12-22-39(36)45-49)38-29-31(25-27-42(38)47(44)33-16-6-2-7-17-33)30-24-26-41-37(28-30)35-20-11-13-23-40(35)46(41)32-14-4-1-5-15-32/h1-29H. The zero-order valence-corrected chi connectivity index (χ0v) is 27.2. The lowest BCUT2D eigenvalue weighted by Crippen LogP contribution is -2.12. The summed E-state index contributed by atoms with van der Waals surface area (Å²) in [7, 11) is -3.05. The second-order valence-corrected chi connectivity index (χ2v) is 14.5. The van der Waals surface area contributed by atoms with Gasteiger partial charge in [-0.1, -0.05) is 103 Å². The van der Waals surface area contributed by atoms with Crippen molar-refractivity contribution in [2.75, 3.05) is 0 Å². The van der Waals surface area contributed by atoms with E-state index < -0.39 is 9.73 Å². The summed E-state index contributed by atoms with van der Waals surface area (Å²) in [5.41, 5.74) is 10.4. The second-order valence-electron chi connectivity index (χ2n) is 12.5. The van der Waals surface area contributed by atoms with E-state index in [2.05, 4.69) is 118 Å². The molecule has 5 heteroatoms. The quantitative estimate of drug-likeness (QED) is 0.187. The van der Waals surface area contributed by atoms with Crippen molar-refractivity contribution in [3.05, 3.63) is 176 Å². The van der Waals surface area contributed by atoms with Crippen molar-refractivity contribution < 1.29 is 4.21 Å². The van der Waals surface area contributed by atoms with E-state index in [-0.39, 0.29) is 0 Å². The van der Waals surface area contributed by atoms with Crippen LogP contribution < -0.4 is 0 Å². The smallest absolute Gasteiger partial charge is 0.134 e. The lowest BCUT2D eigenvalue weighted by atomic mass is 9.98. The highest BCUT2D eigenvalue weighted by atomic mass is 32.2. The maximum absolute atomic E-state index is 15.5. The van der Waals surface area contributed by atoms with Gasteiger partial charge in [-0.3, -0.25) is 0 Å². The topological polar surface area (TPSA) is 39.3 Å². The summed E-state index contributed by atoms with van der Waals surface area (Å²) in [5, 5.41) is 4.19. The van der Waals surface area contributed by atoms with Crippen molar-refractivity contribution in [2.24, 2.45) is 4.36 Å². The third-order valence-electron chi connectivity index (χ3n) is 9.68. The minimum absolute atomic E-state index is 0.700. The highest BCUT2D eigenvalue weighted by Gasteiger charge is 2.34. The van der Waals surface area contributed by atoms with Crippen LogP contribution in [0, 0.1) is 0 Å². The molecule has 0 amide bonds. The molecule has 232 valence electrons. The fourth-order valence-electron chi connectivity index (χ4n) is 7.53. The number of rotatable bonds is 4. The first-order valence-corrected chi connectivity index (χ1v) is 18.0. The Morgan fingerprint density at radius 1 is 0.449 bits per heavy atom. The van der Waals surface area contributed by atoms with Gasteiger partial charge in [-0.2, -0.15) is 4.36 Å². The number of nitrogens with zero attached hydrogens (tertiary/aromatic N) is 3. The Bertz CT molecular complexity index is 2860. The summed E-state index contributed by atoms with van der Waals surface area (Å²) >= 11 is 0. The molecular weight excluding hydrogens is 619 g/mol. The van der Waals surface area contributed by atoms with Crippen LogP contribution in [0.15, 0.2) is 190 Å². The van der Waals surface area contributed by atoms with Crippen molar-refractivity contribution in [3.63, 3.8) is 0 Å². The number of para-hydroxylation sites is 3. The zero-order valence-electron chi connectivity index (χ0n) is 26.4. The summed E-state index contributed by atoms with van der Waals surface area (Å²) < 4.78 is 25.1. The first-order chi connectivity index (χ1) is 24.2. The van der Waals surface area contributed by atoms with Gasteiger partial charge in [0.15, 0.2) is 0 Å². The van der Waals surface area contributed by atoms with E-state index >= 15 is 4.21 Å². The van der Waals surface area contributed by atoms with Gasteiger partial charge >= 0.3 is 0 Å². The van der Waals surface area contributed by atoms with E-state index in [0.29, 0.717) is 4.90 Å². The molecule has 4 nitrogen and oxygen atoms in total. The molecule has 0 bridgehead atoms. The molecule has 0 fully saturated rings. The molecule has 0 saturated heterocycles. The second kappa shape index (κ2) is 10.7. The highest BCUT2D eigenvalue weighted by Crippen LogP contribution is 2.50. The fraction of sp³-hybridized carbons (Fsp3) is 0. The van der Waals surface area contributed by atoms with E-state index in [1.807, 2.05) is 66.7 Å². The minimum Gasteiger partial charge on any atom is -0.309 e. The van der Waals surface area contributed by atoms with Crippen LogP contribution in [0.2, 0.25) is 0 Å². The van der Waals surface area contributed by atoms with Gasteiger partial charge in [0, 0.05) is 38.7 Å². The van der Waals surface area contributed by atoms with Gasteiger partial charge in [0.25, 0.3) is 0 Å². The number of aromatic nitrogens is 2. The molecule has 0 radical (unpaired) electrons. The van der Waals surface area contributed by atoms with Crippen LogP contribution in [0.5, 0.6) is 0 Å². The fourth-order valence-corrected chi connectivity index (χ4v) is 9.85. The maximum Gasteiger partial charge on any atom is 0.134 e. The molecule has 1 atom stereocenters. The Labute approximate surface area is 284 Å². The molecule has 0 saturated carbocycles. The molecule has 2 aromatic heterocycles.